The molecule has 11 unspecified atom stereocenters. The second-order valence-corrected chi connectivity index (χ2v) is 49.4. The first-order chi connectivity index (χ1) is 18.5. The van der Waals surface area contributed by atoms with E-state index in [4.69, 9.17) is 49.4 Å². The third kappa shape index (κ3) is 10.2. The zero-order chi connectivity index (χ0) is 29.1. The maximum Gasteiger partial charge on any atom is 0.501 e. The molecule has 4 bridgehead atoms. The summed E-state index contributed by atoms with van der Waals surface area (Å²) in [5.74, 6) is 1.27. The Labute approximate surface area is 283 Å². The van der Waals surface area contributed by atoms with Crippen LogP contribution in [0.3, 0.4) is 0 Å². The van der Waals surface area contributed by atoms with E-state index in [1.165, 1.54) is 0 Å². The molecule has 0 amide bonds. The van der Waals surface area contributed by atoms with Gasteiger partial charge in [0.2, 0.25) is 0 Å². The van der Waals surface area contributed by atoms with Crippen molar-refractivity contribution in [1.82, 2.24) is 0 Å². The number of fused-ring (bicyclic) bond motifs is 3. The van der Waals surface area contributed by atoms with E-state index in [0.29, 0.717) is 17.4 Å². The lowest BCUT2D eigenvalue weighted by molar-refractivity contribution is 0.0455. The van der Waals surface area contributed by atoms with E-state index < -0.39 is 89.6 Å². The molecule has 3 aliphatic heterocycles. The van der Waals surface area contributed by atoms with Crippen LogP contribution in [0.5, 0.6) is 0 Å². The normalized spacial score (nSPS) is 43.6. The molecule has 0 aromatic heterocycles. The quantitative estimate of drug-likeness (QED) is 0.198. The molecule has 0 aromatic rings. The van der Waals surface area contributed by atoms with Crippen LogP contribution in [-0.2, 0) is 49.4 Å². The summed E-state index contributed by atoms with van der Waals surface area (Å²) in [4.78, 5) is 0. The fraction of sp³-hybridized carbons (Fsp3) is 1.00. The number of hydrogen-bond acceptors (Lipinski definition) is 12. The molecule has 0 radical (unpaired) electrons. The summed E-state index contributed by atoms with van der Waals surface area (Å²) in [6, 6.07) is 0. The van der Waals surface area contributed by atoms with Crippen LogP contribution < -0.4 is 0 Å². The lowest BCUT2D eigenvalue weighted by Crippen LogP contribution is -2.81. The van der Waals surface area contributed by atoms with Crippen molar-refractivity contribution in [3.05, 3.63) is 0 Å². The monoisotopic (exact) mass is 900 g/mol. The fourth-order valence-corrected chi connectivity index (χ4v) is 82.0. The predicted octanol–water partition coefficient (Wildman–Crippen LogP) is 1.57. The SMILES string of the molecule is C.C.C.C[SiH2]O[Si]1(CP)O[Si]2(CP)O[Si](CP)(O[SiH2]C)O[Si]3(PC)O[Si](O[SiH2]C)(PC)O[Si](PC)(O1)O[Si](PC)(O2)O3. The average molecular weight is 901 g/mol. The molecule has 29 heteroatoms. The summed E-state index contributed by atoms with van der Waals surface area (Å²) < 4.78 is 83.4. The third-order valence-electron chi connectivity index (χ3n) is 5.60. The van der Waals surface area contributed by atoms with Crippen molar-refractivity contribution in [1.29, 1.82) is 0 Å². The van der Waals surface area contributed by atoms with Gasteiger partial charge in [-0.1, -0.05) is 74.4 Å². The highest BCUT2D eigenvalue weighted by Gasteiger charge is 2.76. The Morgan fingerprint density at radius 2 is 0.881 bits per heavy atom. The van der Waals surface area contributed by atoms with Crippen LogP contribution in [0.15, 0.2) is 0 Å². The van der Waals surface area contributed by atoms with Gasteiger partial charge >= 0.3 is 60.3 Å². The molecule has 3 heterocycles. The van der Waals surface area contributed by atoms with E-state index in [1.807, 2.05) is 20.0 Å². The molecule has 254 valence electrons. The Balaban J connectivity index is 0.00000560. The van der Waals surface area contributed by atoms with Crippen molar-refractivity contribution >= 4 is 150 Å². The van der Waals surface area contributed by atoms with Crippen molar-refractivity contribution in [2.45, 2.75) is 41.9 Å². The van der Waals surface area contributed by atoms with Crippen molar-refractivity contribution in [2.24, 2.45) is 0 Å². The van der Waals surface area contributed by atoms with Crippen LogP contribution in [0.2, 0.25) is 19.6 Å². The highest BCUT2D eigenvalue weighted by molar-refractivity contribution is 7.87. The summed E-state index contributed by atoms with van der Waals surface area (Å²) in [6.45, 7) is 14.4. The maximum atomic E-state index is 7.14. The van der Waals surface area contributed by atoms with Crippen LogP contribution in [-0.4, -0.2) is 134 Å². The third-order valence-corrected chi connectivity index (χ3v) is 61.8. The second-order valence-electron chi connectivity index (χ2n) is 8.10. The van der Waals surface area contributed by atoms with Crippen LogP contribution in [0.4, 0.5) is 0 Å². The van der Waals surface area contributed by atoms with Gasteiger partial charge in [-0.2, -0.15) is 0 Å². The van der Waals surface area contributed by atoms with E-state index in [9.17, 15) is 0 Å². The van der Waals surface area contributed by atoms with Crippen molar-refractivity contribution in [3.63, 3.8) is 0 Å². The van der Waals surface area contributed by atoms with E-state index in [2.05, 4.69) is 54.0 Å². The van der Waals surface area contributed by atoms with E-state index >= 15 is 0 Å². The van der Waals surface area contributed by atoms with E-state index in [1.54, 1.807) is 0 Å². The summed E-state index contributed by atoms with van der Waals surface area (Å²) in [7, 11) is -18.3. The predicted molar refractivity (Wildman–Crippen MR) is 217 cm³/mol. The molecule has 3 rings (SSSR count). The Morgan fingerprint density at radius 3 is 1.17 bits per heavy atom. The first kappa shape index (κ1) is 46.7. The molecule has 0 N–H and O–H groups in total. The molecule has 3 saturated heterocycles. The first-order valence-electron chi connectivity index (χ1n) is 12.6. The smallest absolute Gasteiger partial charge is 0.422 e. The van der Waals surface area contributed by atoms with Gasteiger partial charge in [-0.3, -0.25) is 0 Å². The minimum Gasteiger partial charge on any atom is -0.422 e. The van der Waals surface area contributed by atoms with Gasteiger partial charge in [-0.25, -0.2) is 0 Å². The standard InChI is InChI=1S/C10H43O12P7Si10.3CH4/c1-26-36(13-32-7)19-37(27-2)16-33(8-23,11-30-5)14-35(10-25)15-34(9-24,12-31-6)17-38(20-36,28-3)22-39(18-35,21-37)29-4;;;/h26-29H,8-10,23-25,30-32H2,1-7H3;3*1H4. The molecular formula is C13H55O12P7Si10. The van der Waals surface area contributed by atoms with Crippen LogP contribution >= 0.6 is 60.2 Å². The zero-order valence-corrected chi connectivity index (χ0v) is 42.1. The molecule has 11 atom stereocenters. The largest absolute Gasteiger partial charge is 0.501 e. The van der Waals surface area contributed by atoms with Gasteiger partial charge in [0, 0.05) is 17.4 Å². The van der Waals surface area contributed by atoms with Gasteiger partial charge in [-0.15, -0.1) is 27.7 Å². The molecule has 3 fully saturated rings. The summed E-state index contributed by atoms with van der Waals surface area (Å²) >= 11 is 0. The van der Waals surface area contributed by atoms with Gasteiger partial charge < -0.3 is 49.4 Å². The highest BCUT2D eigenvalue weighted by Crippen LogP contribution is 2.54. The van der Waals surface area contributed by atoms with E-state index in [0.717, 1.165) is 0 Å². The first-order valence-corrected chi connectivity index (χ1v) is 43.7. The minimum absolute atomic E-state index is 0. The zero-order valence-electron chi connectivity index (χ0n) is 23.4. The van der Waals surface area contributed by atoms with Crippen molar-refractivity contribution < 1.29 is 49.4 Å². The highest BCUT2D eigenvalue weighted by atomic mass is 31.4. The number of rotatable bonds is 13. The molecule has 0 aliphatic carbocycles. The van der Waals surface area contributed by atoms with Crippen molar-refractivity contribution in [3.8, 4) is 0 Å². The van der Waals surface area contributed by atoms with Crippen LogP contribution in [0.25, 0.3) is 0 Å². The van der Waals surface area contributed by atoms with Gasteiger partial charge in [-0.05, 0) is 26.7 Å². The Kier molecular flexibility index (Phi) is 21.5. The molecule has 0 saturated carbocycles. The van der Waals surface area contributed by atoms with Crippen LogP contribution in [0.1, 0.15) is 22.3 Å². The second kappa shape index (κ2) is 19.3. The maximum absolute atomic E-state index is 7.14. The van der Waals surface area contributed by atoms with Gasteiger partial charge in [0.05, 0.1) is 0 Å². The summed E-state index contributed by atoms with van der Waals surface area (Å²) in [5, 5.41) is 0. The van der Waals surface area contributed by atoms with Crippen LogP contribution in [0, 0.1) is 0 Å². The van der Waals surface area contributed by atoms with Gasteiger partial charge in [0.15, 0.2) is 0 Å². The molecule has 3 aliphatic rings. The molecule has 42 heavy (non-hydrogen) atoms. The summed E-state index contributed by atoms with van der Waals surface area (Å²) in [5.41, 5.74) is 0. The fourth-order valence-electron chi connectivity index (χ4n) is 3.96. The summed E-state index contributed by atoms with van der Waals surface area (Å²) in [6.07, 6.45) is 0. The molecule has 0 aromatic carbocycles. The number of hydrogen-bond donors (Lipinski definition) is 0. The molecule has 12 nitrogen and oxygen atoms in total. The minimum atomic E-state index is -3.60. The Bertz CT molecular complexity index is 721. The lowest BCUT2D eigenvalue weighted by atomic mass is 11.9. The lowest BCUT2D eigenvalue weighted by Gasteiger charge is -2.57. The average Bonchev–Trinajstić information content (AvgIpc) is 2.90. The Morgan fingerprint density at radius 1 is 0.500 bits per heavy atom. The van der Waals surface area contributed by atoms with Gasteiger partial charge in [0.1, 0.15) is 29.3 Å². The van der Waals surface area contributed by atoms with E-state index in [-0.39, 0.29) is 54.8 Å². The Hall–Kier alpha value is 4.70. The molecule has 0 spiro atoms. The topological polar surface area (TPSA) is 111 Å². The van der Waals surface area contributed by atoms with Gasteiger partial charge in [0.25, 0.3) is 0 Å². The van der Waals surface area contributed by atoms with Crippen molar-refractivity contribution in [2.75, 3.05) is 44.0 Å². The molecular weight excluding hydrogens is 846 g/mol.